The molecule has 0 saturated carbocycles. The van der Waals surface area contributed by atoms with Crippen molar-refractivity contribution in [2.45, 2.75) is 32.9 Å². The van der Waals surface area contributed by atoms with E-state index in [0.29, 0.717) is 52.5 Å². The van der Waals surface area contributed by atoms with E-state index in [2.05, 4.69) is 24.1 Å². The van der Waals surface area contributed by atoms with Gasteiger partial charge in [-0.25, -0.2) is 4.79 Å². The molecule has 0 bridgehead atoms. The van der Waals surface area contributed by atoms with Crippen LogP contribution in [-0.4, -0.2) is 79.6 Å². The highest BCUT2D eigenvalue weighted by atomic mass is 16.5. The Hall–Kier alpha value is -3.26. The van der Waals surface area contributed by atoms with Crippen LogP contribution < -0.4 is 14.8 Å². The minimum atomic E-state index is -0.121. The summed E-state index contributed by atoms with van der Waals surface area (Å²) in [6, 6.07) is 15.8. The number of carbonyl (C=O) groups is 2. The molecule has 2 aromatic rings. The van der Waals surface area contributed by atoms with Gasteiger partial charge in [0.1, 0.15) is 0 Å². The van der Waals surface area contributed by atoms with E-state index < -0.39 is 0 Å². The largest absolute Gasteiger partial charge is 0.490 e. The van der Waals surface area contributed by atoms with Crippen LogP contribution in [0.1, 0.15) is 37.4 Å². The fourth-order valence-corrected chi connectivity index (χ4v) is 4.69. The molecule has 4 rings (SSSR count). The Kier molecular flexibility index (Phi) is 8.70. The lowest BCUT2D eigenvalue weighted by atomic mass is 9.95. The average Bonchev–Trinajstić information content (AvgIpc) is 3.13. The molecule has 2 aliphatic rings. The van der Waals surface area contributed by atoms with E-state index >= 15 is 0 Å². The molecule has 1 unspecified atom stereocenters. The summed E-state index contributed by atoms with van der Waals surface area (Å²) in [7, 11) is 1.83. The monoisotopic (exact) mass is 494 g/mol. The lowest BCUT2D eigenvalue weighted by Crippen LogP contribution is -2.53. The number of nitrogens with zero attached hydrogens (tertiary/aromatic N) is 3. The summed E-state index contributed by atoms with van der Waals surface area (Å²) >= 11 is 0. The summed E-state index contributed by atoms with van der Waals surface area (Å²) in [5.74, 6) is 1.70. The van der Waals surface area contributed by atoms with Gasteiger partial charge < -0.3 is 24.6 Å². The quantitative estimate of drug-likeness (QED) is 0.638. The minimum absolute atomic E-state index is 0.0122. The van der Waals surface area contributed by atoms with Crippen LogP contribution in [0.15, 0.2) is 48.5 Å². The van der Waals surface area contributed by atoms with Crippen LogP contribution in [0, 0.1) is 5.92 Å². The zero-order valence-corrected chi connectivity index (χ0v) is 21.6. The van der Waals surface area contributed by atoms with Crippen molar-refractivity contribution in [3.05, 3.63) is 59.7 Å². The highest BCUT2D eigenvalue weighted by Gasteiger charge is 2.26. The molecule has 194 valence electrons. The summed E-state index contributed by atoms with van der Waals surface area (Å²) in [5, 5.41) is 3.22. The second kappa shape index (κ2) is 12.1. The maximum absolute atomic E-state index is 13.0. The normalized spacial score (nSPS) is 16.8. The first-order chi connectivity index (χ1) is 17.4. The third kappa shape index (κ3) is 6.69. The molecule has 0 radical (unpaired) electrons. The molecule has 1 saturated heterocycles. The first kappa shape index (κ1) is 25.8. The van der Waals surface area contributed by atoms with Crippen LogP contribution in [-0.2, 0) is 11.3 Å². The lowest BCUT2D eigenvalue weighted by Gasteiger charge is -2.36. The third-order valence-corrected chi connectivity index (χ3v) is 6.71. The number of urea groups is 1. The molecule has 1 fully saturated rings. The van der Waals surface area contributed by atoms with Gasteiger partial charge in [0.2, 0.25) is 5.91 Å². The van der Waals surface area contributed by atoms with Gasteiger partial charge in [-0.15, -0.1) is 0 Å². The summed E-state index contributed by atoms with van der Waals surface area (Å²) in [4.78, 5) is 31.6. The van der Waals surface area contributed by atoms with E-state index in [4.69, 9.17) is 9.47 Å². The summed E-state index contributed by atoms with van der Waals surface area (Å²) < 4.78 is 11.6. The van der Waals surface area contributed by atoms with Crippen molar-refractivity contribution in [3.63, 3.8) is 0 Å². The first-order valence-electron chi connectivity index (χ1n) is 12.9. The van der Waals surface area contributed by atoms with Gasteiger partial charge in [-0.1, -0.05) is 50.2 Å². The number of ether oxygens (including phenoxy) is 2. The van der Waals surface area contributed by atoms with Gasteiger partial charge in [0.05, 0.1) is 25.8 Å². The highest BCUT2D eigenvalue weighted by molar-refractivity contribution is 5.79. The molecule has 0 aliphatic carbocycles. The molecule has 2 aromatic carbocycles. The van der Waals surface area contributed by atoms with Gasteiger partial charge in [-0.2, -0.15) is 0 Å². The van der Waals surface area contributed by atoms with Crippen molar-refractivity contribution >= 4 is 11.9 Å². The molecule has 2 heterocycles. The SMILES string of the molecule is CC(C)C(NC(=O)CN1CCN(C(=O)N(C)Cc2ccccc2)CC1)c1ccc2c(c1)OCCCO2. The number of nitrogens with one attached hydrogen (secondary N) is 1. The van der Waals surface area contributed by atoms with Crippen LogP contribution in [0.3, 0.4) is 0 Å². The van der Waals surface area contributed by atoms with Crippen molar-refractivity contribution in [1.82, 2.24) is 20.0 Å². The number of hydrogen-bond acceptors (Lipinski definition) is 5. The molecule has 1 N–H and O–H groups in total. The third-order valence-electron chi connectivity index (χ3n) is 6.71. The van der Waals surface area contributed by atoms with E-state index in [0.717, 1.165) is 29.0 Å². The average molecular weight is 495 g/mol. The number of fused-ring (bicyclic) bond motifs is 1. The Morgan fingerprint density at radius 1 is 0.972 bits per heavy atom. The molecule has 1 atom stereocenters. The van der Waals surface area contributed by atoms with E-state index in [9.17, 15) is 9.59 Å². The Labute approximate surface area is 214 Å². The maximum atomic E-state index is 13.0. The number of amides is 3. The molecule has 8 nitrogen and oxygen atoms in total. The van der Waals surface area contributed by atoms with Gasteiger partial charge >= 0.3 is 6.03 Å². The molecule has 2 aliphatic heterocycles. The standard InChI is InChI=1S/C28H38N4O4/c1-21(2)27(23-10-11-24-25(18-23)36-17-7-16-35-24)29-26(33)20-31-12-14-32(15-13-31)28(34)30(3)19-22-8-5-4-6-9-22/h4-6,8-11,18,21,27H,7,12-17,19-20H2,1-3H3,(H,29,33). The van der Waals surface area contributed by atoms with Gasteiger partial charge in [0, 0.05) is 46.2 Å². The topological polar surface area (TPSA) is 74.4 Å². The molecule has 3 amide bonds. The zero-order chi connectivity index (χ0) is 25.5. The predicted molar refractivity (Wildman–Crippen MR) is 139 cm³/mol. The second-order valence-electron chi connectivity index (χ2n) is 9.93. The molecule has 0 spiro atoms. The summed E-state index contributed by atoms with van der Waals surface area (Å²) in [6.07, 6.45) is 0.858. The highest BCUT2D eigenvalue weighted by Crippen LogP contribution is 2.34. The van der Waals surface area contributed by atoms with Gasteiger partial charge in [0.15, 0.2) is 11.5 Å². The summed E-state index contributed by atoms with van der Waals surface area (Å²) in [6.45, 7) is 8.96. The van der Waals surface area contributed by atoms with Crippen molar-refractivity contribution in [2.75, 3.05) is 53.0 Å². The van der Waals surface area contributed by atoms with Crippen molar-refractivity contribution in [2.24, 2.45) is 5.92 Å². The number of benzene rings is 2. The second-order valence-corrected chi connectivity index (χ2v) is 9.93. The van der Waals surface area contributed by atoms with Crippen molar-refractivity contribution in [1.29, 1.82) is 0 Å². The van der Waals surface area contributed by atoms with Gasteiger partial charge in [-0.3, -0.25) is 9.69 Å². The van der Waals surface area contributed by atoms with Gasteiger partial charge in [0.25, 0.3) is 0 Å². The molecule has 8 heteroatoms. The zero-order valence-electron chi connectivity index (χ0n) is 21.6. The molecule has 36 heavy (non-hydrogen) atoms. The fraction of sp³-hybridized carbons (Fsp3) is 0.500. The van der Waals surface area contributed by atoms with Crippen molar-refractivity contribution in [3.8, 4) is 11.5 Å². The van der Waals surface area contributed by atoms with Crippen molar-refractivity contribution < 1.29 is 19.1 Å². The maximum Gasteiger partial charge on any atom is 0.320 e. The van der Waals surface area contributed by atoms with Crippen LogP contribution >= 0.6 is 0 Å². The predicted octanol–water partition coefficient (Wildman–Crippen LogP) is 3.53. The Morgan fingerprint density at radius 2 is 1.67 bits per heavy atom. The van der Waals surface area contributed by atoms with Crippen LogP contribution in [0.25, 0.3) is 0 Å². The Bertz CT molecular complexity index is 1020. The van der Waals surface area contributed by atoms with Crippen LogP contribution in [0.4, 0.5) is 4.79 Å². The Morgan fingerprint density at radius 3 is 2.36 bits per heavy atom. The number of hydrogen-bond donors (Lipinski definition) is 1. The molecular weight excluding hydrogens is 456 g/mol. The lowest BCUT2D eigenvalue weighted by molar-refractivity contribution is -0.123. The Balaban J connectivity index is 1.27. The number of rotatable bonds is 7. The first-order valence-corrected chi connectivity index (χ1v) is 12.9. The number of carbonyl (C=O) groups excluding carboxylic acids is 2. The molecule has 0 aromatic heterocycles. The van der Waals surface area contributed by atoms with E-state index in [1.165, 1.54) is 0 Å². The van der Waals surface area contributed by atoms with Crippen LogP contribution in [0.5, 0.6) is 11.5 Å². The van der Waals surface area contributed by atoms with Gasteiger partial charge in [-0.05, 0) is 29.2 Å². The fourth-order valence-electron chi connectivity index (χ4n) is 4.69. The smallest absolute Gasteiger partial charge is 0.320 e. The van der Waals surface area contributed by atoms with E-state index in [1.54, 1.807) is 4.90 Å². The van der Waals surface area contributed by atoms with E-state index in [1.807, 2.05) is 60.5 Å². The summed E-state index contributed by atoms with van der Waals surface area (Å²) in [5.41, 5.74) is 2.12. The number of piperazine rings is 1. The van der Waals surface area contributed by atoms with E-state index in [-0.39, 0.29) is 23.9 Å². The minimum Gasteiger partial charge on any atom is -0.490 e. The molecular formula is C28H38N4O4. The van der Waals surface area contributed by atoms with Crippen LogP contribution in [0.2, 0.25) is 0 Å².